The van der Waals surface area contributed by atoms with E-state index < -0.39 is 30.1 Å². The van der Waals surface area contributed by atoms with Gasteiger partial charge in [-0.2, -0.15) is 0 Å². The average Bonchev–Trinajstić information content (AvgIpc) is 2.81. The number of hydrogen-bond donors (Lipinski definition) is 1. The topological polar surface area (TPSA) is 108 Å². The van der Waals surface area contributed by atoms with E-state index >= 15 is 0 Å². The second-order valence-corrected chi connectivity index (χ2v) is 7.89. The van der Waals surface area contributed by atoms with Crippen molar-refractivity contribution >= 4 is 34.9 Å². The lowest BCUT2D eigenvalue weighted by Crippen LogP contribution is -2.45. The summed E-state index contributed by atoms with van der Waals surface area (Å²) in [6, 6.07) is 16.3. The lowest BCUT2D eigenvalue weighted by atomic mass is 10.2. The second kappa shape index (κ2) is 13.2. The minimum atomic E-state index is -1.04. The first kappa shape index (κ1) is 24.9. The molecular formula is C23H25NO7S. The molecular weight excluding hydrogens is 434 g/mol. The summed E-state index contributed by atoms with van der Waals surface area (Å²) in [7, 11) is 0. The molecule has 0 fully saturated rings. The smallest absolute Gasteiger partial charge is 0.370 e. The van der Waals surface area contributed by atoms with E-state index in [1.807, 2.05) is 18.2 Å². The van der Waals surface area contributed by atoms with Gasteiger partial charge in [0.1, 0.15) is 12.6 Å². The first-order valence-electron chi connectivity index (χ1n) is 9.89. The maximum atomic E-state index is 12.5. The number of nitrogens with one attached hydrogen (secondary N) is 1. The van der Waals surface area contributed by atoms with Crippen LogP contribution < -0.4 is 5.32 Å². The van der Waals surface area contributed by atoms with Crippen LogP contribution in [-0.2, 0) is 30.4 Å². The highest BCUT2D eigenvalue weighted by molar-refractivity contribution is 8.13. The molecule has 0 radical (unpaired) electrons. The Bertz CT molecular complexity index is 903. The highest BCUT2D eigenvalue weighted by Gasteiger charge is 2.25. The Morgan fingerprint density at radius 2 is 1.50 bits per heavy atom. The number of ether oxygens (including phenoxy) is 3. The Hall–Kier alpha value is -3.33. The van der Waals surface area contributed by atoms with Crippen molar-refractivity contribution in [2.45, 2.75) is 26.5 Å². The zero-order valence-corrected chi connectivity index (χ0v) is 18.6. The summed E-state index contributed by atoms with van der Waals surface area (Å²) in [5.74, 6) is -2.10. The predicted molar refractivity (Wildman–Crippen MR) is 119 cm³/mol. The number of thioether (sulfide) groups is 1. The highest BCUT2D eigenvalue weighted by Crippen LogP contribution is 2.11. The molecule has 2 aromatic rings. The molecule has 0 aromatic heterocycles. The van der Waals surface area contributed by atoms with Gasteiger partial charge >= 0.3 is 17.2 Å². The molecule has 9 heteroatoms. The van der Waals surface area contributed by atoms with Crippen LogP contribution in [0.25, 0.3) is 0 Å². The van der Waals surface area contributed by atoms with Crippen LogP contribution >= 0.6 is 11.8 Å². The molecule has 1 amide bonds. The zero-order chi connectivity index (χ0) is 23.3. The third kappa shape index (κ3) is 8.81. The van der Waals surface area contributed by atoms with Gasteiger partial charge in [-0.1, -0.05) is 62.4 Å². The van der Waals surface area contributed by atoms with Crippen molar-refractivity contribution < 1.29 is 33.4 Å². The quantitative estimate of drug-likeness (QED) is 0.424. The van der Waals surface area contributed by atoms with Crippen LogP contribution in [0.1, 0.15) is 29.8 Å². The van der Waals surface area contributed by atoms with Gasteiger partial charge in [0.25, 0.3) is 0 Å². The second-order valence-electron chi connectivity index (χ2n) is 6.93. The van der Waals surface area contributed by atoms with E-state index in [9.17, 15) is 19.2 Å². The van der Waals surface area contributed by atoms with Crippen LogP contribution in [-0.4, -0.2) is 41.7 Å². The van der Waals surface area contributed by atoms with Crippen LogP contribution in [0, 0.1) is 5.92 Å². The Morgan fingerprint density at radius 3 is 2.12 bits per heavy atom. The van der Waals surface area contributed by atoms with Crippen molar-refractivity contribution in [1.82, 2.24) is 5.32 Å². The van der Waals surface area contributed by atoms with Gasteiger partial charge in [-0.3, -0.25) is 4.79 Å². The van der Waals surface area contributed by atoms with Crippen LogP contribution in [0.4, 0.5) is 4.79 Å². The van der Waals surface area contributed by atoms with Gasteiger partial charge < -0.3 is 19.5 Å². The third-order valence-corrected chi connectivity index (χ3v) is 4.95. The summed E-state index contributed by atoms with van der Waals surface area (Å²) >= 11 is 0.668. The molecule has 0 aliphatic carbocycles. The fourth-order valence-electron chi connectivity index (χ4n) is 2.32. The molecule has 8 nitrogen and oxygen atoms in total. The largest absolute Gasteiger partial charge is 0.459 e. The van der Waals surface area contributed by atoms with E-state index in [2.05, 4.69) is 5.32 Å². The number of amides is 1. The van der Waals surface area contributed by atoms with Gasteiger partial charge in [0.2, 0.25) is 12.7 Å². The maximum Gasteiger partial charge on any atom is 0.370 e. The SMILES string of the molecule is CC(C)C(=O)N[C@@H](CSC(=O)OCOC(=O)c1ccccc1)C(=O)OCc1ccccc1. The van der Waals surface area contributed by atoms with Crippen molar-refractivity contribution in [1.29, 1.82) is 0 Å². The van der Waals surface area contributed by atoms with E-state index in [-0.39, 0.29) is 24.2 Å². The zero-order valence-electron chi connectivity index (χ0n) is 17.8. The number of hydrogen-bond acceptors (Lipinski definition) is 8. The van der Waals surface area contributed by atoms with Crippen LogP contribution in [0.2, 0.25) is 0 Å². The standard InChI is InChI=1S/C23H25NO7S/c1-16(2)20(25)24-19(22(27)29-13-17-9-5-3-6-10-17)14-32-23(28)31-15-30-21(26)18-11-7-4-8-12-18/h3-12,16,19H,13-15H2,1-2H3,(H,24,25)/t19-/m0/s1. The van der Waals surface area contributed by atoms with Gasteiger partial charge in [0.05, 0.1) is 5.56 Å². The molecule has 0 spiro atoms. The van der Waals surface area contributed by atoms with E-state index in [1.54, 1.807) is 56.3 Å². The summed E-state index contributed by atoms with van der Waals surface area (Å²) in [5, 5.41) is 1.82. The molecule has 32 heavy (non-hydrogen) atoms. The average molecular weight is 460 g/mol. The summed E-state index contributed by atoms with van der Waals surface area (Å²) in [6.07, 6.45) is 0. The summed E-state index contributed by atoms with van der Waals surface area (Å²) in [5.41, 5.74) is 1.12. The monoisotopic (exact) mass is 459 g/mol. The van der Waals surface area contributed by atoms with Gasteiger partial charge in [-0.15, -0.1) is 0 Å². The van der Waals surface area contributed by atoms with Crippen molar-refractivity contribution in [2.75, 3.05) is 12.5 Å². The molecule has 0 aliphatic heterocycles. The Morgan fingerprint density at radius 1 is 0.875 bits per heavy atom. The molecule has 2 aromatic carbocycles. The minimum Gasteiger partial charge on any atom is -0.459 e. The molecule has 2 rings (SSSR count). The van der Waals surface area contributed by atoms with E-state index in [0.29, 0.717) is 17.3 Å². The highest BCUT2D eigenvalue weighted by atomic mass is 32.2. The third-order valence-electron chi connectivity index (χ3n) is 4.09. The van der Waals surface area contributed by atoms with Crippen molar-refractivity contribution in [3.8, 4) is 0 Å². The Labute approximate surface area is 190 Å². The number of rotatable bonds is 10. The Balaban J connectivity index is 1.82. The van der Waals surface area contributed by atoms with Gasteiger partial charge in [0.15, 0.2) is 0 Å². The molecule has 0 bridgehead atoms. The molecule has 0 unspecified atom stereocenters. The van der Waals surface area contributed by atoms with Crippen molar-refractivity contribution in [3.63, 3.8) is 0 Å². The van der Waals surface area contributed by atoms with Crippen LogP contribution in [0.15, 0.2) is 60.7 Å². The lowest BCUT2D eigenvalue weighted by Gasteiger charge is -2.18. The van der Waals surface area contributed by atoms with E-state index in [1.165, 1.54) is 0 Å². The fraction of sp³-hybridized carbons (Fsp3) is 0.304. The molecule has 0 saturated carbocycles. The first-order chi connectivity index (χ1) is 15.4. The Kier molecular flexibility index (Phi) is 10.3. The van der Waals surface area contributed by atoms with Crippen LogP contribution in [0.5, 0.6) is 0 Å². The maximum absolute atomic E-state index is 12.5. The van der Waals surface area contributed by atoms with Crippen molar-refractivity contribution in [3.05, 3.63) is 71.8 Å². The molecule has 170 valence electrons. The number of benzene rings is 2. The minimum absolute atomic E-state index is 0.0400. The fourth-order valence-corrected chi connectivity index (χ4v) is 2.97. The molecule has 0 aliphatic rings. The van der Waals surface area contributed by atoms with Crippen molar-refractivity contribution in [2.24, 2.45) is 5.92 Å². The molecule has 1 N–H and O–H groups in total. The normalized spacial score (nSPS) is 11.3. The molecule has 0 heterocycles. The summed E-state index contributed by atoms with van der Waals surface area (Å²) < 4.78 is 15.0. The first-order valence-corrected chi connectivity index (χ1v) is 10.9. The molecule has 0 saturated heterocycles. The molecule has 1 atom stereocenters. The van der Waals surface area contributed by atoms with Gasteiger partial charge in [-0.25, -0.2) is 14.4 Å². The number of esters is 2. The summed E-state index contributed by atoms with van der Waals surface area (Å²) in [6.45, 7) is 2.84. The van der Waals surface area contributed by atoms with E-state index in [4.69, 9.17) is 14.2 Å². The summed E-state index contributed by atoms with van der Waals surface area (Å²) in [4.78, 5) is 48.3. The number of carbonyl (C=O) groups is 4. The number of carbonyl (C=O) groups excluding carboxylic acids is 4. The van der Waals surface area contributed by atoms with Gasteiger partial charge in [0, 0.05) is 11.7 Å². The van der Waals surface area contributed by atoms with Gasteiger partial charge in [-0.05, 0) is 29.5 Å². The predicted octanol–water partition coefficient (Wildman–Crippen LogP) is 3.55. The lowest BCUT2D eigenvalue weighted by molar-refractivity contribution is -0.148. The van der Waals surface area contributed by atoms with Crippen LogP contribution in [0.3, 0.4) is 0 Å². The van der Waals surface area contributed by atoms with E-state index in [0.717, 1.165) is 5.56 Å².